The molecule has 0 aliphatic carbocycles. The lowest BCUT2D eigenvalue weighted by Gasteiger charge is -2.33. The van der Waals surface area contributed by atoms with Gasteiger partial charge in [-0.25, -0.2) is 0 Å². The molecule has 0 spiro atoms. The molecule has 0 N–H and O–H groups in total. The van der Waals surface area contributed by atoms with Crippen molar-refractivity contribution in [3.8, 4) is 5.75 Å². The summed E-state index contributed by atoms with van der Waals surface area (Å²) in [5, 5.41) is 1.19. The molecule has 0 amide bonds. The molecule has 0 aromatic heterocycles. The van der Waals surface area contributed by atoms with Crippen molar-refractivity contribution in [3.63, 3.8) is 0 Å². The average Bonchev–Trinajstić information content (AvgIpc) is 2.71. The molecule has 168 valence electrons. The second-order valence-electron chi connectivity index (χ2n) is 8.59. The zero-order valence-electron chi connectivity index (χ0n) is 18.2. The fourth-order valence-corrected chi connectivity index (χ4v) is 3.79. The molecule has 0 bridgehead atoms. The van der Waals surface area contributed by atoms with E-state index in [9.17, 15) is 4.79 Å². The first-order chi connectivity index (χ1) is 14.7. The van der Waals surface area contributed by atoms with Crippen molar-refractivity contribution in [1.82, 2.24) is 4.90 Å². The molecule has 2 aromatic carbocycles. The minimum absolute atomic E-state index is 0.0350. The van der Waals surface area contributed by atoms with E-state index in [0.29, 0.717) is 36.2 Å². The molecule has 1 atom stereocenters. The highest BCUT2D eigenvalue weighted by molar-refractivity contribution is 6.35. The number of hydrogen-bond acceptors (Lipinski definition) is 5. The van der Waals surface area contributed by atoms with Crippen LogP contribution in [-0.4, -0.2) is 42.7 Å². The quantitative estimate of drug-likeness (QED) is 0.492. The molecule has 1 heterocycles. The number of esters is 1. The van der Waals surface area contributed by atoms with Gasteiger partial charge in [0.05, 0.1) is 19.1 Å². The van der Waals surface area contributed by atoms with Crippen molar-refractivity contribution in [3.05, 3.63) is 63.6 Å². The number of ether oxygens (including phenoxy) is 3. The van der Waals surface area contributed by atoms with Gasteiger partial charge in [-0.2, -0.15) is 0 Å². The number of rotatable bonds is 7. The molecule has 7 heteroatoms. The number of hydrogen-bond donors (Lipinski definition) is 0. The molecule has 1 fully saturated rings. The maximum absolute atomic E-state index is 12.0. The van der Waals surface area contributed by atoms with Crippen LogP contribution in [0.3, 0.4) is 0 Å². The van der Waals surface area contributed by atoms with Gasteiger partial charge in [0.25, 0.3) is 0 Å². The van der Waals surface area contributed by atoms with Gasteiger partial charge in [-0.15, -0.1) is 0 Å². The number of carbonyl (C=O) groups excluding carboxylic acids is 1. The minimum atomic E-state index is -0.451. The van der Waals surface area contributed by atoms with Crippen LogP contribution in [0.2, 0.25) is 10.0 Å². The van der Waals surface area contributed by atoms with E-state index in [4.69, 9.17) is 37.4 Å². The van der Waals surface area contributed by atoms with E-state index in [-0.39, 0.29) is 12.1 Å². The van der Waals surface area contributed by atoms with Crippen molar-refractivity contribution < 1.29 is 19.0 Å². The van der Waals surface area contributed by atoms with Crippen molar-refractivity contribution in [2.45, 2.75) is 45.5 Å². The van der Waals surface area contributed by atoms with E-state index in [0.717, 1.165) is 30.0 Å². The third-order valence-corrected chi connectivity index (χ3v) is 5.45. The number of morpholine rings is 1. The molecule has 1 aliphatic heterocycles. The summed E-state index contributed by atoms with van der Waals surface area (Å²) in [6, 6.07) is 13.3. The van der Waals surface area contributed by atoms with Crippen LogP contribution in [0.4, 0.5) is 0 Å². The topological polar surface area (TPSA) is 48.0 Å². The molecule has 1 aliphatic rings. The predicted octanol–water partition coefficient (Wildman–Crippen LogP) is 5.68. The summed E-state index contributed by atoms with van der Waals surface area (Å²) in [5.74, 6) is 0.588. The van der Waals surface area contributed by atoms with Gasteiger partial charge in [0, 0.05) is 35.2 Å². The number of benzene rings is 2. The molecule has 2 aromatic rings. The summed E-state index contributed by atoms with van der Waals surface area (Å²) in [5.41, 5.74) is 1.51. The lowest BCUT2D eigenvalue weighted by Crippen LogP contribution is -2.39. The zero-order valence-corrected chi connectivity index (χ0v) is 19.7. The van der Waals surface area contributed by atoms with Crippen molar-refractivity contribution >= 4 is 29.2 Å². The van der Waals surface area contributed by atoms with Crippen LogP contribution in [0.5, 0.6) is 5.75 Å². The summed E-state index contributed by atoms with van der Waals surface area (Å²) in [4.78, 5) is 14.2. The Labute approximate surface area is 194 Å². The molecular formula is C24H29Cl2NO4. The van der Waals surface area contributed by atoms with Crippen molar-refractivity contribution in [1.29, 1.82) is 0 Å². The van der Waals surface area contributed by atoms with E-state index in [2.05, 4.69) is 4.90 Å². The second-order valence-corrected chi connectivity index (χ2v) is 9.43. The van der Waals surface area contributed by atoms with Gasteiger partial charge in [0.1, 0.15) is 18.0 Å². The van der Waals surface area contributed by atoms with Gasteiger partial charge in [-0.1, -0.05) is 41.4 Å². The maximum atomic E-state index is 12.0. The largest absolute Gasteiger partial charge is 0.489 e. The molecule has 0 saturated carbocycles. The summed E-state index contributed by atoms with van der Waals surface area (Å²) >= 11 is 12.1. The van der Waals surface area contributed by atoms with Gasteiger partial charge in [-0.05, 0) is 50.6 Å². The lowest BCUT2D eigenvalue weighted by molar-refractivity contribution is -0.155. The zero-order chi connectivity index (χ0) is 22.4. The van der Waals surface area contributed by atoms with E-state index in [1.807, 2.05) is 51.1 Å². The van der Waals surface area contributed by atoms with Crippen LogP contribution in [-0.2, 0) is 20.9 Å². The van der Waals surface area contributed by atoms with E-state index in [1.54, 1.807) is 12.1 Å². The van der Waals surface area contributed by atoms with Crippen LogP contribution in [0.25, 0.3) is 0 Å². The van der Waals surface area contributed by atoms with Crippen LogP contribution >= 0.6 is 23.2 Å². The number of halogens is 2. The lowest BCUT2D eigenvalue weighted by atomic mass is 10.1. The van der Waals surface area contributed by atoms with Crippen molar-refractivity contribution in [2.75, 3.05) is 26.2 Å². The molecular weight excluding hydrogens is 437 g/mol. The number of carbonyl (C=O) groups is 1. The fraction of sp³-hybridized carbons (Fsp3) is 0.458. The van der Waals surface area contributed by atoms with Gasteiger partial charge in [-0.3, -0.25) is 9.69 Å². The summed E-state index contributed by atoms with van der Waals surface area (Å²) in [6.07, 6.45) is 0.344. The minimum Gasteiger partial charge on any atom is -0.489 e. The van der Waals surface area contributed by atoms with Crippen LogP contribution < -0.4 is 4.74 Å². The average molecular weight is 466 g/mol. The Balaban J connectivity index is 1.50. The molecule has 0 radical (unpaired) electrons. The van der Waals surface area contributed by atoms with Gasteiger partial charge < -0.3 is 14.2 Å². The monoisotopic (exact) mass is 465 g/mol. The predicted molar refractivity (Wildman–Crippen MR) is 123 cm³/mol. The first kappa shape index (κ1) is 23.9. The molecule has 3 rings (SSSR count). The van der Waals surface area contributed by atoms with Crippen molar-refractivity contribution in [2.24, 2.45) is 0 Å². The Morgan fingerprint density at radius 1 is 1.16 bits per heavy atom. The highest BCUT2D eigenvalue weighted by Gasteiger charge is 2.23. The SMILES string of the molecule is CC(C)(C)OC(=O)CCN1CCOC(c2ccc(OCc3ccc(Cl)cc3Cl)cc2)C1. The van der Waals surface area contributed by atoms with Crippen LogP contribution in [0.1, 0.15) is 44.4 Å². The fourth-order valence-electron chi connectivity index (χ4n) is 3.33. The summed E-state index contributed by atoms with van der Waals surface area (Å²) < 4.78 is 17.2. The van der Waals surface area contributed by atoms with E-state index < -0.39 is 5.60 Å². The molecule has 1 unspecified atom stereocenters. The van der Waals surface area contributed by atoms with Crippen LogP contribution in [0, 0.1) is 0 Å². The van der Waals surface area contributed by atoms with Crippen LogP contribution in [0.15, 0.2) is 42.5 Å². The second kappa shape index (κ2) is 10.7. The molecule has 5 nitrogen and oxygen atoms in total. The Hall–Kier alpha value is -1.79. The van der Waals surface area contributed by atoms with Gasteiger partial charge in [0.2, 0.25) is 0 Å². The third-order valence-electron chi connectivity index (χ3n) is 4.86. The van der Waals surface area contributed by atoms with E-state index in [1.165, 1.54) is 0 Å². The first-order valence-electron chi connectivity index (χ1n) is 10.4. The Morgan fingerprint density at radius 2 is 1.90 bits per heavy atom. The highest BCUT2D eigenvalue weighted by atomic mass is 35.5. The maximum Gasteiger partial charge on any atom is 0.307 e. The molecule has 31 heavy (non-hydrogen) atoms. The summed E-state index contributed by atoms with van der Waals surface area (Å²) in [7, 11) is 0. The Kier molecular flexibility index (Phi) is 8.23. The first-order valence-corrected chi connectivity index (χ1v) is 11.2. The third kappa shape index (κ3) is 7.69. The Bertz CT molecular complexity index is 880. The Morgan fingerprint density at radius 3 is 2.58 bits per heavy atom. The normalized spacial score (nSPS) is 17.4. The number of nitrogens with zero attached hydrogens (tertiary/aromatic N) is 1. The van der Waals surface area contributed by atoms with Gasteiger partial charge >= 0.3 is 5.97 Å². The smallest absolute Gasteiger partial charge is 0.307 e. The molecule has 1 saturated heterocycles. The highest BCUT2D eigenvalue weighted by Crippen LogP contribution is 2.26. The standard InChI is InChI=1S/C24H29Cl2NO4/c1-24(2,3)31-23(28)10-11-27-12-13-29-22(15-27)17-5-8-20(9-6-17)30-16-18-4-7-19(25)14-21(18)26/h4-9,14,22H,10-13,15-16H2,1-3H3. The van der Waals surface area contributed by atoms with E-state index >= 15 is 0 Å². The summed E-state index contributed by atoms with van der Waals surface area (Å²) in [6.45, 7) is 8.86. The van der Waals surface area contributed by atoms with Gasteiger partial charge in [0.15, 0.2) is 0 Å².